The van der Waals surface area contributed by atoms with Crippen LogP contribution in [0.25, 0.3) is 22.3 Å². The van der Waals surface area contributed by atoms with E-state index in [0.717, 1.165) is 39.5 Å². The molecule has 0 radical (unpaired) electrons. The lowest BCUT2D eigenvalue weighted by atomic mass is 10.1. The second-order valence-corrected chi connectivity index (χ2v) is 9.41. The van der Waals surface area contributed by atoms with Gasteiger partial charge >= 0.3 is 0 Å². The summed E-state index contributed by atoms with van der Waals surface area (Å²) in [5.41, 5.74) is 3.81. The third kappa shape index (κ3) is 5.67. The Bertz CT molecular complexity index is 1400. The van der Waals surface area contributed by atoms with Gasteiger partial charge in [0.25, 0.3) is 0 Å². The summed E-state index contributed by atoms with van der Waals surface area (Å²) in [5, 5.41) is 11.7. The van der Waals surface area contributed by atoms with Crippen molar-refractivity contribution in [3.8, 4) is 17.1 Å². The Labute approximate surface area is 214 Å². The number of rotatable bonds is 10. The first-order chi connectivity index (χ1) is 17.4. The van der Waals surface area contributed by atoms with Crippen molar-refractivity contribution in [2.24, 2.45) is 7.05 Å². The molecule has 0 aliphatic carbocycles. The summed E-state index contributed by atoms with van der Waals surface area (Å²) in [6.45, 7) is 4.46. The Morgan fingerprint density at radius 1 is 1.22 bits per heavy atom. The highest BCUT2D eigenvalue weighted by molar-refractivity contribution is 7.99. The minimum atomic E-state index is -0.290. The van der Waals surface area contributed by atoms with Crippen molar-refractivity contribution in [3.63, 3.8) is 0 Å². The first kappa shape index (κ1) is 25.2. The number of aromatic nitrogens is 4. The van der Waals surface area contributed by atoms with E-state index in [1.54, 1.807) is 25.1 Å². The minimum Gasteiger partial charge on any atom is -0.495 e. The van der Waals surface area contributed by atoms with Crippen LogP contribution >= 0.6 is 11.8 Å². The van der Waals surface area contributed by atoms with Crippen molar-refractivity contribution >= 4 is 45.9 Å². The van der Waals surface area contributed by atoms with Crippen LogP contribution in [0.3, 0.4) is 0 Å². The van der Waals surface area contributed by atoms with Crippen molar-refractivity contribution in [2.75, 3.05) is 44.1 Å². The van der Waals surface area contributed by atoms with Crippen LogP contribution in [-0.4, -0.2) is 64.1 Å². The second kappa shape index (κ2) is 11.2. The number of anilines is 3. The molecule has 0 fully saturated rings. The van der Waals surface area contributed by atoms with Gasteiger partial charge in [0.05, 0.1) is 35.4 Å². The van der Waals surface area contributed by atoms with E-state index in [0.29, 0.717) is 23.1 Å². The van der Waals surface area contributed by atoms with Crippen LogP contribution in [0.4, 0.5) is 17.3 Å². The molecular formula is C26H29N7O2S. The van der Waals surface area contributed by atoms with Gasteiger partial charge in [0.15, 0.2) is 0 Å². The number of thioether (sulfide) groups is 1. The molecule has 4 aromatic rings. The summed E-state index contributed by atoms with van der Waals surface area (Å²) in [4.78, 5) is 24.3. The summed E-state index contributed by atoms with van der Waals surface area (Å²) in [6, 6.07) is 13.5. The van der Waals surface area contributed by atoms with Gasteiger partial charge in [0.2, 0.25) is 11.9 Å². The predicted octanol–water partition coefficient (Wildman–Crippen LogP) is 4.56. The predicted molar refractivity (Wildman–Crippen MR) is 146 cm³/mol. The first-order valence-corrected chi connectivity index (χ1v) is 12.3. The highest BCUT2D eigenvalue weighted by atomic mass is 32.2. The fourth-order valence-electron chi connectivity index (χ4n) is 3.69. The lowest BCUT2D eigenvalue weighted by Gasteiger charge is -2.17. The molecule has 0 aliphatic rings. The number of fused-ring (bicyclic) bond motifs is 1. The number of methoxy groups -OCH3 is 1. The average molecular weight is 504 g/mol. The zero-order valence-corrected chi connectivity index (χ0v) is 21.6. The molecule has 2 aromatic heterocycles. The standard InChI is InChI=1S/C26H29N7O2S/c1-6-24(34)28-21-15-20(22(35-5)16-23(21)36-14-13-32(2)3)30-26-27-12-11-19(29-26)25-17-9-7-8-10-18(17)31-33(25)4/h6-12,15-16H,1,13-14H2,2-5H3,(H,28,34)(H,27,29,30). The Balaban J connectivity index is 1.68. The molecule has 0 bridgehead atoms. The van der Waals surface area contributed by atoms with Crippen LogP contribution in [0.1, 0.15) is 0 Å². The Morgan fingerprint density at radius 3 is 2.78 bits per heavy atom. The van der Waals surface area contributed by atoms with Gasteiger partial charge in [-0.2, -0.15) is 5.10 Å². The fraction of sp³-hybridized carbons (Fsp3) is 0.231. The van der Waals surface area contributed by atoms with Gasteiger partial charge in [0, 0.05) is 35.8 Å². The molecule has 10 heteroatoms. The molecule has 0 unspecified atom stereocenters. The van der Waals surface area contributed by atoms with E-state index < -0.39 is 0 Å². The molecule has 9 nitrogen and oxygen atoms in total. The van der Waals surface area contributed by atoms with E-state index in [9.17, 15) is 4.79 Å². The quantitative estimate of drug-likeness (QED) is 0.240. The number of benzene rings is 2. The SMILES string of the molecule is C=CC(=O)Nc1cc(Nc2nccc(-c3c4ccccc4nn3C)n2)c(OC)cc1SCCN(C)C. The largest absolute Gasteiger partial charge is 0.495 e. The van der Waals surface area contributed by atoms with Crippen molar-refractivity contribution in [1.82, 2.24) is 24.6 Å². The lowest BCUT2D eigenvalue weighted by molar-refractivity contribution is -0.111. The molecule has 4 rings (SSSR count). The number of carbonyl (C=O) groups is 1. The maximum absolute atomic E-state index is 12.1. The maximum atomic E-state index is 12.1. The Hall–Kier alpha value is -3.89. The summed E-state index contributed by atoms with van der Waals surface area (Å²) >= 11 is 1.64. The average Bonchev–Trinajstić information content (AvgIpc) is 3.20. The smallest absolute Gasteiger partial charge is 0.247 e. The monoisotopic (exact) mass is 503 g/mol. The number of amides is 1. The number of nitrogens with one attached hydrogen (secondary N) is 2. The number of hydrogen-bond acceptors (Lipinski definition) is 8. The van der Waals surface area contributed by atoms with Crippen molar-refractivity contribution < 1.29 is 9.53 Å². The number of aryl methyl sites for hydroxylation is 1. The molecule has 1 amide bonds. The van der Waals surface area contributed by atoms with E-state index in [4.69, 9.17) is 9.72 Å². The molecule has 0 saturated heterocycles. The molecule has 0 spiro atoms. The Morgan fingerprint density at radius 2 is 2.03 bits per heavy atom. The number of ether oxygens (including phenoxy) is 1. The lowest BCUT2D eigenvalue weighted by Crippen LogP contribution is -2.15. The van der Waals surface area contributed by atoms with Crippen LogP contribution in [0.15, 0.2) is 66.2 Å². The van der Waals surface area contributed by atoms with E-state index in [2.05, 4.69) is 32.2 Å². The zero-order valence-electron chi connectivity index (χ0n) is 20.8. The maximum Gasteiger partial charge on any atom is 0.247 e. The van der Waals surface area contributed by atoms with Crippen molar-refractivity contribution in [3.05, 3.63) is 61.3 Å². The van der Waals surface area contributed by atoms with Crippen LogP contribution in [0.2, 0.25) is 0 Å². The highest BCUT2D eigenvalue weighted by Gasteiger charge is 2.16. The summed E-state index contributed by atoms with van der Waals surface area (Å²) in [5.74, 6) is 1.56. The fourth-order valence-corrected chi connectivity index (χ4v) is 4.82. The zero-order chi connectivity index (χ0) is 25.7. The van der Waals surface area contributed by atoms with Gasteiger partial charge in [-0.3, -0.25) is 9.48 Å². The normalized spacial score (nSPS) is 11.0. The van der Waals surface area contributed by atoms with Gasteiger partial charge < -0.3 is 20.3 Å². The number of carbonyl (C=O) groups excluding carboxylic acids is 1. The second-order valence-electron chi connectivity index (χ2n) is 8.27. The molecular weight excluding hydrogens is 474 g/mol. The topological polar surface area (TPSA) is 97.2 Å². The molecule has 2 N–H and O–H groups in total. The third-order valence-corrected chi connectivity index (χ3v) is 6.46. The molecule has 36 heavy (non-hydrogen) atoms. The van der Waals surface area contributed by atoms with Crippen LogP contribution in [0, 0.1) is 0 Å². The summed E-state index contributed by atoms with van der Waals surface area (Å²) < 4.78 is 7.48. The van der Waals surface area contributed by atoms with Gasteiger partial charge in [-0.25, -0.2) is 9.97 Å². The number of nitrogens with zero attached hydrogens (tertiary/aromatic N) is 5. The minimum absolute atomic E-state index is 0.290. The summed E-state index contributed by atoms with van der Waals surface area (Å²) in [7, 11) is 7.55. The van der Waals surface area contributed by atoms with Crippen LogP contribution in [0.5, 0.6) is 5.75 Å². The summed E-state index contributed by atoms with van der Waals surface area (Å²) in [6.07, 6.45) is 2.95. The van der Waals surface area contributed by atoms with Crippen molar-refractivity contribution in [2.45, 2.75) is 4.90 Å². The van der Waals surface area contributed by atoms with Gasteiger partial charge in [-0.05, 0) is 44.4 Å². The van der Waals surface area contributed by atoms with Crippen LogP contribution < -0.4 is 15.4 Å². The Kier molecular flexibility index (Phi) is 7.87. The van der Waals surface area contributed by atoms with Crippen molar-refractivity contribution in [1.29, 1.82) is 0 Å². The van der Waals surface area contributed by atoms with E-state index in [1.807, 2.05) is 68.3 Å². The van der Waals surface area contributed by atoms with Gasteiger partial charge in [-0.15, -0.1) is 11.8 Å². The molecule has 0 atom stereocenters. The van der Waals surface area contributed by atoms with E-state index in [-0.39, 0.29) is 5.91 Å². The molecule has 0 aliphatic heterocycles. The molecule has 2 heterocycles. The van der Waals surface area contributed by atoms with Crippen LogP contribution in [-0.2, 0) is 11.8 Å². The van der Waals surface area contributed by atoms with E-state index >= 15 is 0 Å². The molecule has 186 valence electrons. The first-order valence-electron chi connectivity index (χ1n) is 11.3. The van der Waals surface area contributed by atoms with Gasteiger partial charge in [0.1, 0.15) is 5.75 Å². The molecule has 2 aromatic carbocycles. The number of hydrogen-bond donors (Lipinski definition) is 2. The molecule has 0 saturated carbocycles. The highest BCUT2D eigenvalue weighted by Crippen LogP contribution is 2.38. The van der Waals surface area contributed by atoms with E-state index in [1.165, 1.54) is 6.08 Å². The third-order valence-electron chi connectivity index (χ3n) is 5.43. The van der Waals surface area contributed by atoms with Gasteiger partial charge in [-0.1, -0.05) is 24.8 Å².